The number of nitrogens with zero attached hydrogens (tertiary/aromatic N) is 1. The minimum atomic E-state index is -2.79. The van der Waals surface area contributed by atoms with Gasteiger partial charge in [0.25, 0.3) is 5.91 Å². The van der Waals surface area contributed by atoms with E-state index in [-0.39, 0.29) is 23.3 Å². The van der Waals surface area contributed by atoms with E-state index in [1.807, 2.05) is 36.4 Å². The van der Waals surface area contributed by atoms with E-state index in [4.69, 9.17) is 0 Å². The summed E-state index contributed by atoms with van der Waals surface area (Å²) in [5.74, 6) is 0.420. The van der Waals surface area contributed by atoms with Crippen LogP contribution in [0.2, 0.25) is 0 Å². The van der Waals surface area contributed by atoms with Crippen molar-refractivity contribution >= 4 is 15.7 Å². The highest BCUT2D eigenvalue weighted by atomic mass is 32.2. The number of rotatable bonds is 5. The number of hydrogen-bond acceptors (Lipinski definition) is 4. The molecule has 0 aliphatic carbocycles. The molecule has 0 bridgehead atoms. The van der Waals surface area contributed by atoms with Gasteiger partial charge in [0.15, 0.2) is 9.84 Å². The number of carbonyl (C=O) groups excluding carboxylic acids is 1. The van der Waals surface area contributed by atoms with Gasteiger partial charge in [-0.1, -0.05) is 30.3 Å². The molecule has 0 spiro atoms. The Kier molecular flexibility index (Phi) is 4.43. The first kappa shape index (κ1) is 15.7. The molecule has 1 amide bonds. The topological polar surface area (TPSA) is 76.1 Å². The summed E-state index contributed by atoms with van der Waals surface area (Å²) >= 11 is 0. The molecule has 0 unspecified atom stereocenters. The number of amides is 1. The SMILES string of the molecule is O=C(NCCC1CS(=O)(=O)C1)c1cc(-c2ccccc2)ccn1. The standard InChI is InChI=1S/C17H18N2O3S/c20-17(19-8-6-13-11-23(21,22)12-13)16-10-15(7-9-18-16)14-4-2-1-3-5-14/h1-5,7,9-10,13H,6,8,11-12H2,(H,19,20). The molecule has 1 N–H and O–H groups in total. The van der Waals surface area contributed by atoms with Crippen molar-refractivity contribution < 1.29 is 13.2 Å². The molecule has 1 saturated heterocycles. The van der Waals surface area contributed by atoms with E-state index in [2.05, 4.69) is 10.3 Å². The molecule has 2 aromatic rings. The summed E-state index contributed by atoms with van der Waals surface area (Å²) in [6.07, 6.45) is 2.30. The van der Waals surface area contributed by atoms with Crippen LogP contribution in [0.3, 0.4) is 0 Å². The second-order valence-corrected chi connectivity index (χ2v) is 7.94. The van der Waals surface area contributed by atoms with Crippen LogP contribution in [-0.2, 0) is 9.84 Å². The predicted octanol–water partition coefficient (Wildman–Crippen LogP) is 1.91. The monoisotopic (exact) mass is 330 g/mol. The van der Waals surface area contributed by atoms with Gasteiger partial charge in [-0.25, -0.2) is 8.42 Å². The van der Waals surface area contributed by atoms with E-state index < -0.39 is 9.84 Å². The minimum Gasteiger partial charge on any atom is -0.351 e. The van der Waals surface area contributed by atoms with Gasteiger partial charge in [0.2, 0.25) is 0 Å². The Balaban J connectivity index is 1.57. The van der Waals surface area contributed by atoms with Gasteiger partial charge in [-0.2, -0.15) is 0 Å². The summed E-state index contributed by atoms with van der Waals surface area (Å²) in [5, 5.41) is 2.81. The van der Waals surface area contributed by atoms with Crippen LogP contribution in [0, 0.1) is 5.92 Å². The van der Waals surface area contributed by atoms with Crippen molar-refractivity contribution in [2.75, 3.05) is 18.1 Å². The van der Waals surface area contributed by atoms with Crippen LogP contribution in [-0.4, -0.2) is 37.4 Å². The molecule has 6 heteroatoms. The maximum atomic E-state index is 12.2. The molecule has 1 aromatic heterocycles. The lowest BCUT2D eigenvalue weighted by molar-refractivity contribution is 0.0947. The number of hydrogen-bond donors (Lipinski definition) is 1. The molecule has 2 heterocycles. The molecule has 120 valence electrons. The van der Waals surface area contributed by atoms with Crippen LogP contribution in [0.1, 0.15) is 16.9 Å². The zero-order valence-electron chi connectivity index (χ0n) is 12.6. The highest BCUT2D eigenvalue weighted by Crippen LogP contribution is 2.21. The zero-order chi connectivity index (χ0) is 16.3. The van der Waals surface area contributed by atoms with E-state index in [0.717, 1.165) is 11.1 Å². The fraction of sp³-hybridized carbons (Fsp3) is 0.294. The van der Waals surface area contributed by atoms with E-state index in [9.17, 15) is 13.2 Å². The van der Waals surface area contributed by atoms with Crippen molar-refractivity contribution in [1.82, 2.24) is 10.3 Å². The first-order valence-electron chi connectivity index (χ1n) is 7.53. The Bertz CT molecular complexity index is 792. The summed E-state index contributed by atoms with van der Waals surface area (Å²) in [6, 6.07) is 13.4. The third kappa shape index (κ3) is 3.96. The maximum Gasteiger partial charge on any atom is 0.269 e. The molecule has 1 fully saturated rings. The molecule has 0 radical (unpaired) electrons. The summed E-state index contributed by atoms with van der Waals surface area (Å²) < 4.78 is 22.2. The zero-order valence-corrected chi connectivity index (χ0v) is 13.4. The second kappa shape index (κ2) is 6.50. The summed E-state index contributed by atoms with van der Waals surface area (Å²) in [4.78, 5) is 16.3. The molecule has 0 saturated carbocycles. The summed E-state index contributed by atoms with van der Waals surface area (Å²) in [6.45, 7) is 0.469. The van der Waals surface area contributed by atoms with Crippen LogP contribution < -0.4 is 5.32 Å². The van der Waals surface area contributed by atoms with Gasteiger partial charge in [-0.05, 0) is 35.6 Å². The van der Waals surface area contributed by atoms with Crippen molar-refractivity contribution in [1.29, 1.82) is 0 Å². The second-order valence-electron chi connectivity index (χ2n) is 5.78. The molecular weight excluding hydrogens is 312 g/mol. The molecule has 1 aromatic carbocycles. The number of sulfone groups is 1. The molecular formula is C17H18N2O3S. The number of pyridine rings is 1. The lowest BCUT2D eigenvalue weighted by Gasteiger charge is -2.25. The molecule has 23 heavy (non-hydrogen) atoms. The third-order valence-electron chi connectivity index (χ3n) is 3.92. The summed E-state index contributed by atoms with van der Waals surface area (Å²) in [5.41, 5.74) is 2.34. The fourth-order valence-electron chi connectivity index (χ4n) is 2.68. The summed E-state index contributed by atoms with van der Waals surface area (Å²) in [7, 11) is -2.79. The van der Waals surface area contributed by atoms with Gasteiger partial charge in [-0.3, -0.25) is 9.78 Å². The van der Waals surface area contributed by atoms with Crippen LogP contribution >= 0.6 is 0 Å². The van der Waals surface area contributed by atoms with Crippen LogP contribution in [0.5, 0.6) is 0 Å². The van der Waals surface area contributed by atoms with E-state index in [1.54, 1.807) is 12.3 Å². The first-order chi connectivity index (χ1) is 11.0. The lowest BCUT2D eigenvalue weighted by atomic mass is 10.1. The van der Waals surface area contributed by atoms with Crippen molar-refractivity contribution in [3.8, 4) is 11.1 Å². The van der Waals surface area contributed by atoms with Gasteiger partial charge in [0.1, 0.15) is 5.69 Å². The van der Waals surface area contributed by atoms with Gasteiger partial charge >= 0.3 is 0 Å². The Morgan fingerprint density at radius 3 is 2.57 bits per heavy atom. The highest BCUT2D eigenvalue weighted by molar-refractivity contribution is 7.92. The van der Waals surface area contributed by atoms with Crippen LogP contribution in [0.4, 0.5) is 0 Å². The number of nitrogens with one attached hydrogen (secondary N) is 1. The Morgan fingerprint density at radius 1 is 1.13 bits per heavy atom. The molecule has 1 aliphatic rings. The molecule has 5 nitrogen and oxygen atoms in total. The number of aromatic nitrogens is 1. The predicted molar refractivity (Wildman–Crippen MR) is 88.8 cm³/mol. The van der Waals surface area contributed by atoms with Gasteiger partial charge in [0, 0.05) is 12.7 Å². The largest absolute Gasteiger partial charge is 0.351 e. The lowest BCUT2D eigenvalue weighted by Crippen LogP contribution is -2.38. The average Bonchev–Trinajstić information content (AvgIpc) is 2.54. The minimum absolute atomic E-state index is 0.170. The molecule has 0 atom stereocenters. The molecule has 3 rings (SSSR count). The van der Waals surface area contributed by atoms with Crippen molar-refractivity contribution in [3.63, 3.8) is 0 Å². The van der Waals surface area contributed by atoms with Crippen LogP contribution in [0.15, 0.2) is 48.7 Å². The van der Waals surface area contributed by atoms with Gasteiger partial charge in [0.05, 0.1) is 11.5 Å². The van der Waals surface area contributed by atoms with E-state index >= 15 is 0 Å². The highest BCUT2D eigenvalue weighted by Gasteiger charge is 2.32. The maximum absolute atomic E-state index is 12.2. The number of carbonyl (C=O) groups is 1. The molecule has 1 aliphatic heterocycles. The Morgan fingerprint density at radius 2 is 1.87 bits per heavy atom. The van der Waals surface area contributed by atoms with E-state index in [1.165, 1.54) is 0 Å². The van der Waals surface area contributed by atoms with Gasteiger partial charge < -0.3 is 5.32 Å². The van der Waals surface area contributed by atoms with Crippen molar-refractivity contribution in [2.24, 2.45) is 5.92 Å². The quantitative estimate of drug-likeness (QED) is 0.908. The normalized spacial score (nSPS) is 16.5. The Hall–Kier alpha value is -2.21. The Labute approximate surface area is 135 Å². The van der Waals surface area contributed by atoms with Gasteiger partial charge in [-0.15, -0.1) is 0 Å². The van der Waals surface area contributed by atoms with Crippen LogP contribution in [0.25, 0.3) is 11.1 Å². The third-order valence-corrected chi connectivity index (χ3v) is 5.88. The smallest absolute Gasteiger partial charge is 0.269 e. The van der Waals surface area contributed by atoms with Crippen molar-refractivity contribution in [2.45, 2.75) is 6.42 Å². The number of benzene rings is 1. The fourth-order valence-corrected chi connectivity index (χ4v) is 4.35. The average molecular weight is 330 g/mol. The first-order valence-corrected chi connectivity index (χ1v) is 9.36. The van der Waals surface area contributed by atoms with Crippen molar-refractivity contribution in [3.05, 3.63) is 54.4 Å². The van der Waals surface area contributed by atoms with E-state index in [0.29, 0.717) is 18.7 Å².